The average molecular weight is 454 g/mol. The Morgan fingerprint density at radius 3 is 2.69 bits per heavy atom. The number of nitrogens with zero attached hydrogens (tertiary/aromatic N) is 1. The zero-order valence-electron chi connectivity index (χ0n) is 13.7. The molecule has 0 saturated carbocycles. The maximum absolute atomic E-state index is 12.4. The molecule has 0 fully saturated rings. The zero-order chi connectivity index (χ0) is 18.5. The monoisotopic (exact) mass is 453 g/mol. The van der Waals surface area contributed by atoms with Crippen LogP contribution in [0, 0.1) is 0 Å². The maximum atomic E-state index is 12.4. The van der Waals surface area contributed by atoms with Gasteiger partial charge >= 0.3 is 0 Å². The van der Waals surface area contributed by atoms with E-state index < -0.39 is 0 Å². The lowest BCUT2D eigenvalue weighted by Gasteiger charge is -2.08. The second-order valence-corrected chi connectivity index (χ2v) is 9.14. The first kappa shape index (κ1) is 18.9. The molecule has 2 heterocycles. The number of aromatic nitrogens is 2. The van der Waals surface area contributed by atoms with E-state index in [4.69, 9.17) is 0 Å². The molecule has 136 valence electrons. The third kappa shape index (κ3) is 4.66. The van der Waals surface area contributed by atoms with Crippen LogP contribution in [0.25, 0.3) is 10.8 Å². The summed E-state index contributed by atoms with van der Waals surface area (Å²) in [6, 6.07) is 10.6. The summed E-state index contributed by atoms with van der Waals surface area (Å²) in [5.41, 5.74) is -0.765. The first-order valence-corrected chi connectivity index (χ1v) is 10.6. The van der Waals surface area contributed by atoms with Crippen LogP contribution in [0.3, 0.4) is 0 Å². The van der Waals surface area contributed by atoms with Gasteiger partial charge in [-0.05, 0) is 40.2 Å². The number of carbonyl (C=O) groups excluding carboxylic acids is 1. The number of aromatic amines is 1. The molecule has 3 rings (SSSR count). The van der Waals surface area contributed by atoms with Crippen molar-refractivity contribution in [2.75, 3.05) is 12.3 Å². The molecule has 0 aliphatic heterocycles. The van der Waals surface area contributed by atoms with Crippen molar-refractivity contribution in [1.29, 1.82) is 0 Å². The van der Waals surface area contributed by atoms with Crippen molar-refractivity contribution in [3.05, 3.63) is 65.8 Å². The van der Waals surface area contributed by atoms with Crippen molar-refractivity contribution >= 4 is 55.7 Å². The van der Waals surface area contributed by atoms with Gasteiger partial charge in [-0.3, -0.25) is 19.5 Å². The summed E-state index contributed by atoms with van der Waals surface area (Å²) in [4.78, 5) is 37.7. The number of thiophene rings is 1. The zero-order valence-corrected chi connectivity index (χ0v) is 16.9. The fourth-order valence-corrected chi connectivity index (χ4v) is 4.87. The van der Waals surface area contributed by atoms with Crippen molar-refractivity contribution in [2.24, 2.45) is 0 Å². The Hall–Kier alpha value is -1.84. The van der Waals surface area contributed by atoms with E-state index in [1.54, 1.807) is 47.4 Å². The summed E-state index contributed by atoms with van der Waals surface area (Å²) in [6.07, 6.45) is 0. The summed E-state index contributed by atoms with van der Waals surface area (Å²) >= 11 is 6.85. The molecule has 2 aromatic heterocycles. The molecule has 0 radical (unpaired) electrons. The van der Waals surface area contributed by atoms with E-state index in [1.807, 2.05) is 6.07 Å². The Morgan fingerprint density at radius 1 is 1.19 bits per heavy atom. The number of carbonyl (C=O) groups is 1. The Bertz CT molecular complexity index is 1040. The van der Waals surface area contributed by atoms with E-state index in [2.05, 4.69) is 32.4 Å². The Balaban J connectivity index is 1.52. The Morgan fingerprint density at radius 2 is 1.96 bits per heavy atom. The number of fused-ring (bicyclic) bond motifs is 1. The number of hydrogen-bond acceptors (Lipinski definition) is 5. The second kappa shape index (κ2) is 8.70. The van der Waals surface area contributed by atoms with Crippen molar-refractivity contribution in [3.63, 3.8) is 0 Å². The van der Waals surface area contributed by atoms with Gasteiger partial charge in [-0.2, -0.15) is 11.8 Å². The molecule has 1 amide bonds. The summed E-state index contributed by atoms with van der Waals surface area (Å²) in [7, 11) is 0. The molecule has 0 saturated heterocycles. The van der Waals surface area contributed by atoms with Crippen LogP contribution in [0.5, 0.6) is 0 Å². The minimum atomic E-state index is -0.384. The molecule has 6 nitrogen and oxygen atoms in total. The number of benzene rings is 1. The largest absolute Gasteiger partial charge is 0.354 e. The summed E-state index contributed by atoms with van der Waals surface area (Å²) in [5, 5.41) is 5.86. The lowest BCUT2D eigenvalue weighted by molar-refractivity contribution is -0.121. The fraction of sp³-hybridized carbons (Fsp3) is 0.235. The molecule has 0 unspecified atom stereocenters. The first-order valence-electron chi connectivity index (χ1n) is 7.85. The Kier molecular flexibility index (Phi) is 6.33. The van der Waals surface area contributed by atoms with Crippen molar-refractivity contribution in [3.8, 4) is 0 Å². The van der Waals surface area contributed by atoms with Gasteiger partial charge in [0.05, 0.1) is 14.6 Å². The normalized spacial score (nSPS) is 11.0. The van der Waals surface area contributed by atoms with E-state index in [1.165, 1.54) is 4.88 Å². The van der Waals surface area contributed by atoms with Crippen LogP contribution in [0.4, 0.5) is 0 Å². The van der Waals surface area contributed by atoms with E-state index in [0.29, 0.717) is 17.3 Å². The van der Waals surface area contributed by atoms with Gasteiger partial charge in [-0.1, -0.05) is 12.1 Å². The Labute approximate surface area is 165 Å². The number of rotatable bonds is 7. The van der Waals surface area contributed by atoms with Crippen LogP contribution in [0.15, 0.2) is 49.8 Å². The van der Waals surface area contributed by atoms with Crippen molar-refractivity contribution in [1.82, 2.24) is 15.1 Å². The van der Waals surface area contributed by atoms with Crippen molar-refractivity contribution < 1.29 is 4.79 Å². The molecular weight excluding hydrogens is 438 g/mol. The van der Waals surface area contributed by atoms with Gasteiger partial charge in [0.2, 0.25) is 5.91 Å². The lowest BCUT2D eigenvalue weighted by atomic mass is 10.2. The number of hydrogen-bond donors (Lipinski definition) is 2. The van der Waals surface area contributed by atoms with E-state index in [0.717, 1.165) is 20.0 Å². The highest BCUT2D eigenvalue weighted by atomic mass is 79.9. The van der Waals surface area contributed by atoms with Crippen LogP contribution in [-0.4, -0.2) is 28.0 Å². The summed E-state index contributed by atoms with van der Waals surface area (Å²) < 4.78 is 2.16. The molecule has 9 heteroatoms. The number of thioether (sulfide) groups is 1. The first-order chi connectivity index (χ1) is 12.5. The van der Waals surface area contributed by atoms with Crippen LogP contribution in [-0.2, 0) is 17.1 Å². The van der Waals surface area contributed by atoms with Crippen LogP contribution < -0.4 is 16.4 Å². The third-order valence-corrected chi connectivity index (χ3v) is 6.44. The van der Waals surface area contributed by atoms with Gasteiger partial charge in [0.1, 0.15) is 6.54 Å². The molecule has 3 aromatic rings. The summed E-state index contributed by atoms with van der Waals surface area (Å²) in [5.74, 6) is 1.35. The van der Waals surface area contributed by atoms with Gasteiger partial charge in [0.25, 0.3) is 11.1 Å². The van der Waals surface area contributed by atoms with Crippen LogP contribution in [0.1, 0.15) is 4.88 Å². The number of amides is 1. The van der Waals surface area contributed by atoms with E-state index in [9.17, 15) is 14.4 Å². The molecule has 1 aromatic carbocycles. The maximum Gasteiger partial charge on any atom is 0.273 e. The standard InChI is InChI=1S/C17H16BrN3O3S2/c18-14-6-5-11(26-14)10-25-8-7-19-15(22)9-21-17(24)13-4-2-1-3-12(13)16(23)20-21/h1-6H,7-10H2,(H,19,22)(H,20,23). The predicted octanol–water partition coefficient (Wildman–Crippen LogP) is 2.56. The SMILES string of the molecule is O=C(Cn1[nH]c(=O)c2ccccc2c1=O)NCCSCc1ccc(Br)s1. The molecule has 0 atom stereocenters. The van der Waals surface area contributed by atoms with Gasteiger partial charge in [0, 0.05) is 22.9 Å². The van der Waals surface area contributed by atoms with E-state index >= 15 is 0 Å². The minimum Gasteiger partial charge on any atom is -0.354 e. The van der Waals surface area contributed by atoms with Gasteiger partial charge in [-0.25, -0.2) is 4.68 Å². The number of H-pyrrole nitrogens is 1. The summed E-state index contributed by atoms with van der Waals surface area (Å²) in [6.45, 7) is 0.296. The van der Waals surface area contributed by atoms with E-state index in [-0.39, 0.29) is 23.6 Å². The number of nitrogens with one attached hydrogen (secondary N) is 2. The third-order valence-electron chi connectivity index (χ3n) is 3.63. The van der Waals surface area contributed by atoms with Gasteiger partial charge in [-0.15, -0.1) is 11.3 Å². The van der Waals surface area contributed by atoms with Crippen LogP contribution in [0.2, 0.25) is 0 Å². The van der Waals surface area contributed by atoms with Gasteiger partial charge in [0.15, 0.2) is 0 Å². The fourth-order valence-electron chi connectivity index (χ4n) is 2.42. The smallest absolute Gasteiger partial charge is 0.273 e. The average Bonchev–Trinajstić information content (AvgIpc) is 3.04. The van der Waals surface area contributed by atoms with Crippen LogP contribution >= 0.6 is 39.0 Å². The molecule has 0 aliphatic rings. The molecule has 0 aliphatic carbocycles. The minimum absolute atomic E-state index is 0.207. The molecule has 0 bridgehead atoms. The topological polar surface area (TPSA) is 84.0 Å². The highest BCUT2D eigenvalue weighted by Crippen LogP contribution is 2.25. The number of halogens is 1. The molecule has 26 heavy (non-hydrogen) atoms. The van der Waals surface area contributed by atoms with Crippen molar-refractivity contribution in [2.45, 2.75) is 12.3 Å². The lowest BCUT2D eigenvalue weighted by Crippen LogP contribution is -2.37. The van der Waals surface area contributed by atoms with Gasteiger partial charge < -0.3 is 5.32 Å². The highest BCUT2D eigenvalue weighted by Gasteiger charge is 2.09. The molecular formula is C17H16BrN3O3S2. The molecule has 2 N–H and O–H groups in total. The second-order valence-electron chi connectivity index (χ2n) is 5.49. The molecule has 0 spiro atoms. The highest BCUT2D eigenvalue weighted by molar-refractivity contribution is 9.11. The quantitative estimate of drug-likeness (QED) is 0.538. The predicted molar refractivity (Wildman–Crippen MR) is 110 cm³/mol.